The molecule has 1 aromatic carbocycles. The van der Waals surface area contributed by atoms with Crippen LogP contribution in [0.15, 0.2) is 48.7 Å². The van der Waals surface area contributed by atoms with Crippen molar-refractivity contribution >= 4 is 5.91 Å². The van der Waals surface area contributed by atoms with Gasteiger partial charge in [-0.15, -0.1) is 0 Å². The Bertz CT molecular complexity index is 692. The number of halogens is 1. The molecule has 1 aliphatic rings. The molecule has 0 spiro atoms. The van der Waals surface area contributed by atoms with Gasteiger partial charge in [-0.25, -0.2) is 4.39 Å². The highest BCUT2D eigenvalue weighted by atomic mass is 19.1. The summed E-state index contributed by atoms with van der Waals surface area (Å²) in [4.78, 5) is 18.8. The van der Waals surface area contributed by atoms with Crippen molar-refractivity contribution in [2.24, 2.45) is 0 Å². The minimum Gasteiger partial charge on any atom is -0.351 e. The molecule has 0 bridgehead atoms. The van der Waals surface area contributed by atoms with E-state index in [2.05, 4.69) is 15.2 Å². The fraction of sp³-hybridized carbons (Fsp3) is 0.400. The van der Waals surface area contributed by atoms with Crippen LogP contribution in [-0.4, -0.2) is 34.9 Å². The maximum atomic E-state index is 13.6. The number of hydrogen-bond acceptors (Lipinski definition) is 3. The quantitative estimate of drug-likeness (QED) is 0.842. The molecule has 0 saturated carbocycles. The number of nitrogens with one attached hydrogen (secondary N) is 1. The Balaban J connectivity index is 1.46. The van der Waals surface area contributed by atoms with Gasteiger partial charge in [-0.05, 0) is 50.4 Å². The predicted octanol–water partition coefficient (Wildman–Crippen LogP) is 2.93. The van der Waals surface area contributed by atoms with Crippen molar-refractivity contribution in [2.75, 3.05) is 13.1 Å². The summed E-state index contributed by atoms with van der Waals surface area (Å²) in [7, 11) is 0. The fourth-order valence-electron chi connectivity index (χ4n) is 3.37. The number of aryl methyl sites for hydroxylation is 1. The van der Waals surface area contributed by atoms with E-state index in [4.69, 9.17) is 0 Å². The predicted molar refractivity (Wildman–Crippen MR) is 95.4 cm³/mol. The second kappa shape index (κ2) is 8.72. The van der Waals surface area contributed by atoms with Gasteiger partial charge in [-0.2, -0.15) is 0 Å². The summed E-state index contributed by atoms with van der Waals surface area (Å²) in [5.74, 6) is -0.329. The first-order chi connectivity index (χ1) is 12.2. The summed E-state index contributed by atoms with van der Waals surface area (Å²) in [6, 6.07) is 12.9. The van der Waals surface area contributed by atoms with Crippen LogP contribution in [0.3, 0.4) is 0 Å². The molecule has 2 aromatic rings. The number of hydrogen-bond donors (Lipinski definition) is 1. The molecule has 3 rings (SSSR count). The molecule has 4 nitrogen and oxygen atoms in total. The van der Waals surface area contributed by atoms with Crippen molar-refractivity contribution in [1.82, 2.24) is 15.2 Å². The molecule has 1 N–H and O–H groups in total. The molecule has 132 valence electrons. The second-order valence-electron chi connectivity index (χ2n) is 6.49. The minimum absolute atomic E-state index is 0.0482. The fourth-order valence-corrected chi connectivity index (χ4v) is 3.37. The van der Waals surface area contributed by atoms with Crippen LogP contribution < -0.4 is 5.32 Å². The van der Waals surface area contributed by atoms with Gasteiger partial charge in [-0.3, -0.25) is 14.7 Å². The van der Waals surface area contributed by atoms with E-state index in [1.165, 1.54) is 6.07 Å². The van der Waals surface area contributed by atoms with E-state index in [1.54, 1.807) is 18.2 Å². The van der Waals surface area contributed by atoms with Crippen LogP contribution >= 0.6 is 0 Å². The van der Waals surface area contributed by atoms with Gasteiger partial charge in [-0.1, -0.05) is 24.3 Å². The first-order valence-corrected chi connectivity index (χ1v) is 8.86. The van der Waals surface area contributed by atoms with Gasteiger partial charge < -0.3 is 5.32 Å². The molecule has 25 heavy (non-hydrogen) atoms. The van der Waals surface area contributed by atoms with Crippen LogP contribution in [0.25, 0.3) is 0 Å². The van der Waals surface area contributed by atoms with E-state index < -0.39 is 0 Å². The summed E-state index contributed by atoms with van der Waals surface area (Å²) in [5, 5.41) is 2.83. The monoisotopic (exact) mass is 341 g/mol. The molecule has 1 aliphatic heterocycles. The Kier molecular flexibility index (Phi) is 6.12. The molecule has 0 radical (unpaired) electrons. The molecule has 1 atom stereocenters. The zero-order valence-corrected chi connectivity index (χ0v) is 14.3. The highest BCUT2D eigenvalue weighted by Gasteiger charge is 2.25. The van der Waals surface area contributed by atoms with Crippen molar-refractivity contribution in [3.8, 4) is 0 Å². The Morgan fingerprint density at radius 3 is 2.88 bits per heavy atom. The third-order valence-electron chi connectivity index (χ3n) is 4.74. The van der Waals surface area contributed by atoms with Crippen LogP contribution in [-0.2, 0) is 17.8 Å². The summed E-state index contributed by atoms with van der Waals surface area (Å²) in [5.41, 5.74) is 1.61. The average Bonchev–Trinajstić information content (AvgIpc) is 3.07. The molecule has 0 unspecified atom stereocenters. The van der Waals surface area contributed by atoms with Crippen molar-refractivity contribution in [2.45, 2.75) is 38.3 Å². The number of carbonyl (C=O) groups is 1. The van der Waals surface area contributed by atoms with Crippen LogP contribution in [0, 0.1) is 5.82 Å². The molecular formula is C20H24FN3O. The van der Waals surface area contributed by atoms with E-state index in [9.17, 15) is 9.18 Å². The van der Waals surface area contributed by atoms with Crippen LogP contribution in [0.1, 0.15) is 30.5 Å². The van der Waals surface area contributed by atoms with Crippen LogP contribution in [0.2, 0.25) is 0 Å². The molecule has 1 aromatic heterocycles. The number of carbonyl (C=O) groups excluding carboxylic acids is 1. The molecule has 0 aliphatic carbocycles. The van der Waals surface area contributed by atoms with E-state index in [-0.39, 0.29) is 18.3 Å². The van der Waals surface area contributed by atoms with Gasteiger partial charge >= 0.3 is 0 Å². The Morgan fingerprint density at radius 2 is 2.08 bits per heavy atom. The standard InChI is InChI=1S/C20H24FN3O/c21-19-9-2-1-6-16(19)14-23-20(25)15-24-13-5-8-18(24)11-10-17-7-3-4-12-22-17/h1-4,6-7,9,12,18H,5,8,10-11,13-15H2,(H,23,25)/t18-/m0/s1. The lowest BCUT2D eigenvalue weighted by atomic mass is 10.1. The van der Waals surface area contributed by atoms with Crippen LogP contribution in [0.5, 0.6) is 0 Å². The number of amides is 1. The number of likely N-dealkylation sites (tertiary alicyclic amines) is 1. The number of aromatic nitrogens is 1. The third kappa shape index (κ3) is 5.10. The topological polar surface area (TPSA) is 45.2 Å². The highest BCUT2D eigenvalue weighted by molar-refractivity contribution is 5.78. The Labute approximate surface area is 148 Å². The molecular weight excluding hydrogens is 317 g/mol. The third-order valence-corrected chi connectivity index (χ3v) is 4.74. The molecule has 1 saturated heterocycles. The summed E-state index contributed by atoms with van der Waals surface area (Å²) in [6.45, 7) is 1.55. The zero-order valence-electron chi connectivity index (χ0n) is 14.3. The van der Waals surface area contributed by atoms with Crippen molar-refractivity contribution < 1.29 is 9.18 Å². The lowest BCUT2D eigenvalue weighted by molar-refractivity contribution is -0.122. The molecule has 2 heterocycles. The Morgan fingerprint density at radius 1 is 1.24 bits per heavy atom. The summed E-state index contributed by atoms with van der Waals surface area (Å²) in [6.07, 6.45) is 6.00. The van der Waals surface area contributed by atoms with E-state index in [0.717, 1.165) is 37.9 Å². The average molecular weight is 341 g/mol. The summed E-state index contributed by atoms with van der Waals surface area (Å²) >= 11 is 0. The smallest absolute Gasteiger partial charge is 0.234 e. The molecule has 5 heteroatoms. The SMILES string of the molecule is O=C(CN1CCC[C@H]1CCc1ccccn1)NCc1ccccc1F. The van der Waals surface area contributed by atoms with Crippen molar-refractivity contribution in [3.63, 3.8) is 0 Å². The number of nitrogens with zero attached hydrogens (tertiary/aromatic N) is 2. The number of pyridine rings is 1. The zero-order chi connectivity index (χ0) is 17.5. The second-order valence-corrected chi connectivity index (χ2v) is 6.49. The lowest BCUT2D eigenvalue weighted by Crippen LogP contribution is -2.39. The molecule has 1 fully saturated rings. The Hall–Kier alpha value is -2.27. The van der Waals surface area contributed by atoms with Gasteiger partial charge in [0, 0.05) is 30.0 Å². The number of rotatable bonds is 7. The largest absolute Gasteiger partial charge is 0.351 e. The lowest BCUT2D eigenvalue weighted by Gasteiger charge is -2.23. The minimum atomic E-state index is -0.280. The molecule has 1 amide bonds. The van der Waals surface area contributed by atoms with Crippen molar-refractivity contribution in [1.29, 1.82) is 0 Å². The normalized spacial score (nSPS) is 17.6. The van der Waals surface area contributed by atoms with E-state index >= 15 is 0 Å². The highest BCUT2D eigenvalue weighted by Crippen LogP contribution is 2.21. The van der Waals surface area contributed by atoms with Gasteiger partial charge in [0.25, 0.3) is 0 Å². The van der Waals surface area contributed by atoms with Gasteiger partial charge in [0.05, 0.1) is 6.54 Å². The van der Waals surface area contributed by atoms with E-state index in [0.29, 0.717) is 18.2 Å². The first-order valence-electron chi connectivity index (χ1n) is 8.86. The first kappa shape index (κ1) is 17.5. The van der Waals surface area contributed by atoms with Gasteiger partial charge in [0.1, 0.15) is 5.82 Å². The van der Waals surface area contributed by atoms with Gasteiger partial charge in [0.2, 0.25) is 5.91 Å². The summed E-state index contributed by atoms with van der Waals surface area (Å²) < 4.78 is 13.6. The number of benzene rings is 1. The maximum absolute atomic E-state index is 13.6. The van der Waals surface area contributed by atoms with Gasteiger partial charge in [0.15, 0.2) is 0 Å². The maximum Gasteiger partial charge on any atom is 0.234 e. The van der Waals surface area contributed by atoms with Crippen LogP contribution in [0.4, 0.5) is 4.39 Å². The van der Waals surface area contributed by atoms with Crippen molar-refractivity contribution in [3.05, 3.63) is 65.7 Å². The van der Waals surface area contributed by atoms with E-state index in [1.807, 2.05) is 24.4 Å².